The van der Waals surface area contributed by atoms with Crippen LogP contribution in [0.2, 0.25) is 0 Å². The summed E-state index contributed by atoms with van der Waals surface area (Å²) in [5.74, 6) is 0.314. The molecule has 2 rings (SSSR count). The highest BCUT2D eigenvalue weighted by Gasteiger charge is 2.11. The zero-order chi connectivity index (χ0) is 21.2. The van der Waals surface area contributed by atoms with Crippen molar-refractivity contribution in [1.82, 2.24) is 0 Å². The third-order valence-electron chi connectivity index (χ3n) is 4.76. The number of ether oxygens (including phenoxy) is 2. The van der Waals surface area contributed by atoms with Gasteiger partial charge in [-0.25, -0.2) is 4.79 Å². The Labute approximate surface area is 174 Å². The third kappa shape index (κ3) is 6.47. The van der Waals surface area contributed by atoms with Crippen molar-refractivity contribution < 1.29 is 19.4 Å². The van der Waals surface area contributed by atoms with Gasteiger partial charge in [-0.3, -0.25) is 0 Å². The van der Waals surface area contributed by atoms with E-state index in [9.17, 15) is 4.79 Å². The molecule has 0 spiro atoms. The van der Waals surface area contributed by atoms with Crippen molar-refractivity contribution in [2.45, 2.75) is 46.5 Å². The largest absolute Gasteiger partial charge is 0.491 e. The number of aryl methyl sites for hydroxylation is 2. The second kappa shape index (κ2) is 11.4. The average Bonchev–Trinajstić information content (AvgIpc) is 2.72. The summed E-state index contributed by atoms with van der Waals surface area (Å²) < 4.78 is 10.9. The van der Waals surface area contributed by atoms with Crippen molar-refractivity contribution in [3.05, 3.63) is 65.2 Å². The first kappa shape index (κ1) is 22.7. The van der Waals surface area contributed by atoms with Gasteiger partial charge in [0.1, 0.15) is 12.4 Å². The van der Waals surface area contributed by atoms with Crippen molar-refractivity contribution in [3.8, 4) is 16.9 Å². The quantitative estimate of drug-likeness (QED) is 0.433. The van der Waals surface area contributed by atoms with Crippen molar-refractivity contribution in [1.29, 1.82) is 0 Å². The fraction of sp³-hybridized carbons (Fsp3) is 0.400. The van der Waals surface area contributed by atoms with E-state index >= 15 is 0 Å². The molecular weight excluding hydrogens is 364 g/mol. The lowest BCUT2D eigenvalue weighted by molar-refractivity contribution is -0.138. The lowest BCUT2D eigenvalue weighted by Gasteiger charge is -2.15. The van der Waals surface area contributed by atoms with Crippen LogP contribution in [0, 0.1) is 0 Å². The second-order valence-electron chi connectivity index (χ2n) is 7.16. The lowest BCUT2D eigenvalue weighted by Crippen LogP contribution is -2.10. The second-order valence-corrected chi connectivity index (χ2v) is 7.16. The number of esters is 1. The number of aliphatic hydroxyl groups is 1. The van der Waals surface area contributed by atoms with E-state index in [1.165, 1.54) is 16.7 Å². The van der Waals surface area contributed by atoms with Crippen LogP contribution >= 0.6 is 0 Å². The van der Waals surface area contributed by atoms with Gasteiger partial charge in [0.25, 0.3) is 0 Å². The Morgan fingerprint density at radius 1 is 1.03 bits per heavy atom. The topological polar surface area (TPSA) is 55.8 Å². The van der Waals surface area contributed by atoms with Crippen LogP contribution in [0.3, 0.4) is 0 Å². The zero-order valence-electron chi connectivity index (χ0n) is 17.8. The number of hydrogen-bond donors (Lipinski definition) is 1. The molecule has 2 aromatic rings. The smallest absolute Gasteiger partial charge is 0.333 e. The first-order valence-electron chi connectivity index (χ1n) is 10.3. The van der Waals surface area contributed by atoms with Crippen LogP contribution in [0.1, 0.15) is 43.9 Å². The monoisotopic (exact) mass is 396 g/mol. The van der Waals surface area contributed by atoms with E-state index in [0.29, 0.717) is 17.7 Å². The predicted octanol–water partition coefficient (Wildman–Crippen LogP) is 4.90. The molecule has 0 radical (unpaired) electrons. The van der Waals surface area contributed by atoms with Gasteiger partial charge >= 0.3 is 5.97 Å². The molecule has 0 heterocycles. The average molecular weight is 397 g/mol. The van der Waals surface area contributed by atoms with E-state index in [1.54, 1.807) is 6.92 Å². The van der Waals surface area contributed by atoms with Crippen molar-refractivity contribution in [3.63, 3.8) is 0 Å². The summed E-state index contributed by atoms with van der Waals surface area (Å²) in [6.07, 6.45) is 3.71. The van der Waals surface area contributed by atoms with Crippen LogP contribution in [0.25, 0.3) is 11.1 Å². The predicted molar refractivity (Wildman–Crippen MR) is 117 cm³/mol. The first-order valence-corrected chi connectivity index (χ1v) is 10.3. The van der Waals surface area contributed by atoms with Gasteiger partial charge in [0.2, 0.25) is 0 Å². The Bertz CT molecular complexity index is 839. The molecule has 0 aliphatic rings. The molecular formula is C25H32O4. The van der Waals surface area contributed by atoms with Crippen LogP contribution in [-0.4, -0.2) is 30.9 Å². The minimum atomic E-state index is -0.390. The standard InChI is InChI=1S/C25H32O4/c1-5-7-19-8-10-23(20(6-2)16-19)21-9-11-24(28-15-13-26)22(17-21)12-14-29-25(27)18(3)4/h8-11,16-17,26H,3,5-7,12-15H2,1-2,4H3. The number of hydrogen-bond acceptors (Lipinski definition) is 4. The van der Waals surface area contributed by atoms with Crippen LogP contribution in [0.15, 0.2) is 48.6 Å². The molecule has 156 valence electrons. The molecule has 2 aromatic carbocycles. The molecule has 0 atom stereocenters. The SMILES string of the molecule is C=C(C)C(=O)OCCc1cc(-c2ccc(CCC)cc2CC)ccc1OCCO. The van der Waals surface area contributed by atoms with Crippen LogP contribution in [0.5, 0.6) is 5.75 Å². The van der Waals surface area contributed by atoms with E-state index in [1.807, 2.05) is 12.1 Å². The highest BCUT2D eigenvalue weighted by atomic mass is 16.5. The molecule has 0 saturated heterocycles. The highest BCUT2D eigenvalue weighted by molar-refractivity contribution is 5.86. The summed E-state index contributed by atoms with van der Waals surface area (Å²) in [4.78, 5) is 11.7. The summed E-state index contributed by atoms with van der Waals surface area (Å²) in [5.41, 5.74) is 6.34. The van der Waals surface area contributed by atoms with Crippen molar-refractivity contribution >= 4 is 5.97 Å². The number of benzene rings is 2. The molecule has 0 saturated carbocycles. The maximum Gasteiger partial charge on any atom is 0.333 e. The van der Waals surface area contributed by atoms with Gasteiger partial charge in [0.15, 0.2) is 0 Å². The summed E-state index contributed by atoms with van der Waals surface area (Å²) in [5, 5.41) is 9.09. The van der Waals surface area contributed by atoms with Crippen LogP contribution in [0.4, 0.5) is 0 Å². The molecule has 4 heteroatoms. The van der Waals surface area contributed by atoms with E-state index in [0.717, 1.165) is 30.4 Å². The van der Waals surface area contributed by atoms with Gasteiger partial charge in [-0.15, -0.1) is 0 Å². The summed E-state index contributed by atoms with van der Waals surface area (Å²) in [6, 6.07) is 12.8. The molecule has 4 nitrogen and oxygen atoms in total. The fourth-order valence-corrected chi connectivity index (χ4v) is 3.28. The van der Waals surface area contributed by atoms with Crippen LogP contribution < -0.4 is 4.74 Å². The Hall–Kier alpha value is -2.59. The number of aliphatic hydroxyl groups excluding tert-OH is 1. The Kier molecular flexibility index (Phi) is 8.94. The van der Waals surface area contributed by atoms with E-state index in [2.05, 4.69) is 44.7 Å². The van der Waals surface area contributed by atoms with Gasteiger partial charge in [-0.05, 0) is 59.7 Å². The minimum Gasteiger partial charge on any atom is -0.491 e. The molecule has 0 aliphatic heterocycles. The molecule has 29 heavy (non-hydrogen) atoms. The van der Waals surface area contributed by atoms with Gasteiger partial charge in [0, 0.05) is 12.0 Å². The maximum atomic E-state index is 11.7. The lowest BCUT2D eigenvalue weighted by atomic mass is 9.93. The third-order valence-corrected chi connectivity index (χ3v) is 4.76. The molecule has 0 aromatic heterocycles. The number of rotatable bonds is 11. The maximum absolute atomic E-state index is 11.7. The van der Waals surface area contributed by atoms with Crippen molar-refractivity contribution in [2.24, 2.45) is 0 Å². The molecule has 0 bridgehead atoms. The number of carbonyl (C=O) groups is 1. The zero-order valence-corrected chi connectivity index (χ0v) is 17.8. The minimum absolute atomic E-state index is 0.0509. The Morgan fingerprint density at radius 2 is 1.83 bits per heavy atom. The highest BCUT2D eigenvalue weighted by Crippen LogP contribution is 2.31. The molecule has 0 amide bonds. The summed E-state index contributed by atoms with van der Waals surface area (Å²) in [7, 11) is 0. The van der Waals surface area contributed by atoms with Gasteiger partial charge in [-0.2, -0.15) is 0 Å². The van der Waals surface area contributed by atoms with Crippen LogP contribution in [-0.2, 0) is 28.8 Å². The Balaban J connectivity index is 2.31. The summed E-state index contributed by atoms with van der Waals surface area (Å²) >= 11 is 0. The Morgan fingerprint density at radius 3 is 2.48 bits per heavy atom. The van der Waals surface area contributed by atoms with E-state index < -0.39 is 5.97 Å². The number of carbonyl (C=O) groups excluding carboxylic acids is 1. The van der Waals surface area contributed by atoms with Gasteiger partial charge in [0.05, 0.1) is 13.2 Å². The molecule has 0 aliphatic carbocycles. The fourth-order valence-electron chi connectivity index (χ4n) is 3.28. The van der Waals surface area contributed by atoms with Gasteiger partial charge < -0.3 is 14.6 Å². The van der Waals surface area contributed by atoms with E-state index in [4.69, 9.17) is 14.6 Å². The van der Waals surface area contributed by atoms with Gasteiger partial charge in [-0.1, -0.05) is 51.1 Å². The first-order chi connectivity index (χ1) is 14.0. The normalized spacial score (nSPS) is 10.6. The summed E-state index contributed by atoms with van der Waals surface area (Å²) in [6.45, 7) is 10.0. The molecule has 1 N–H and O–H groups in total. The molecule has 0 unspecified atom stereocenters. The van der Waals surface area contributed by atoms with E-state index in [-0.39, 0.29) is 19.8 Å². The molecule has 0 fully saturated rings. The van der Waals surface area contributed by atoms with Crippen molar-refractivity contribution in [2.75, 3.05) is 19.8 Å².